The standard InChI is InChI=1S/C20H23NO3S.C8H11N/c1-13-8-9-16(17(12-13)15-7-5-4-6-14(15)2)19(22)21-18(20(23)24)10-11-25-3;1-2-7-5-3-4-6-8(7)9/h4-9,12,18H,10-11H2,1-3H3,(H,21,22)(H,23,24);3-6H,2,9H2,1H3. The van der Waals surface area contributed by atoms with Crippen LogP contribution in [0.4, 0.5) is 5.69 Å². The number of carboxylic acid groups (broad SMARTS) is 1. The number of hydrogen-bond donors (Lipinski definition) is 3. The molecular formula is C28H34N2O3S. The van der Waals surface area contributed by atoms with Crippen LogP contribution in [0.1, 0.15) is 40.4 Å². The van der Waals surface area contributed by atoms with Gasteiger partial charge >= 0.3 is 5.97 Å². The fourth-order valence-corrected chi connectivity index (χ4v) is 4.01. The van der Waals surface area contributed by atoms with Crippen LogP contribution in [0.3, 0.4) is 0 Å². The van der Waals surface area contributed by atoms with Gasteiger partial charge in [0.2, 0.25) is 0 Å². The van der Waals surface area contributed by atoms with Crippen LogP contribution in [0, 0.1) is 13.8 Å². The quantitative estimate of drug-likeness (QED) is 0.359. The summed E-state index contributed by atoms with van der Waals surface area (Å²) in [6.45, 7) is 6.07. The second kappa shape index (κ2) is 13.5. The second-order valence-corrected chi connectivity index (χ2v) is 9.05. The van der Waals surface area contributed by atoms with Crippen molar-refractivity contribution in [2.75, 3.05) is 17.7 Å². The molecule has 0 aromatic heterocycles. The van der Waals surface area contributed by atoms with Crippen LogP contribution >= 0.6 is 11.8 Å². The van der Waals surface area contributed by atoms with E-state index in [9.17, 15) is 14.7 Å². The number of carbonyl (C=O) groups is 2. The molecule has 6 heteroatoms. The van der Waals surface area contributed by atoms with Gasteiger partial charge in [0.15, 0.2) is 0 Å². The molecule has 34 heavy (non-hydrogen) atoms. The third-order valence-electron chi connectivity index (χ3n) is 5.51. The lowest BCUT2D eigenvalue weighted by Crippen LogP contribution is -2.41. The molecule has 1 atom stereocenters. The molecule has 1 amide bonds. The van der Waals surface area contributed by atoms with E-state index in [1.54, 1.807) is 17.8 Å². The predicted octanol–water partition coefficient (Wildman–Crippen LogP) is 5.74. The minimum absolute atomic E-state index is 0.355. The lowest BCUT2D eigenvalue weighted by atomic mass is 9.94. The first kappa shape index (κ1) is 27.0. The van der Waals surface area contributed by atoms with Crippen molar-refractivity contribution >= 4 is 29.3 Å². The van der Waals surface area contributed by atoms with Gasteiger partial charge in [0.1, 0.15) is 6.04 Å². The minimum Gasteiger partial charge on any atom is -0.480 e. The number of aryl methyl sites for hydroxylation is 3. The summed E-state index contributed by atoms with van der Waals surface area (Å²) in [5.74, 6) is -0.686. The van der Waals surface area contributed by atoms with Crippen LogP contribution in [0.5, 0.6) is 0 Å². The van der Waals surface area contributed by atoms with Crippen molar-refractivity contribution in [2.24, 2.45) is 0 Å². The zero-order chi connectivity index (χ0) is 25.1. The number of benzene rings is 3. The molecule has 3 aromatic carbocycles. The van der Waals surface area contributed by atoms with Gasteiger partial charge in [-0.15, -0.1) is 0 Å². The van der Waals surface area contributed by atoms with Gasteiger partial charge in [0.05, 0.1) is 0 Å². The zero-order valence-corrected chi connectivity index (χ0v) is 21.1. The maximum absolute atomic E-state index is 12.8. The Morgan fingerprint density at radius 1 is 1.00 bits per heavy atom. The highest BCUT2D eigenvalue weighted by molar-refractivity contribution is 7.98. The molecule has 5 nitrogen and oxygen atoms in total. The summed E-state index contributed by atoms with van der Waals surface area (Å²) in [4.78, 5) is 24.2. The molecule has 0 heterocycles. The maximum atomic E-state index is 12.8. The van der Waals surface area contributed by atoms with Gasteiger partial charge in [0, 0.05) is 11.3 Å². The van der Waals surface area contributed by atoms with Crippen molar-refractivity contribution in [2.45, 2.75) is 39.7 Å². The number of carbonyl (C=O) groups excluding carboxylic acids is 1. The lowest BCUT2D eigenvalue weighted by molar-refractivity contribution is -0.139. The van der Waals surface area contributed by atoms with Crippen molar-refractivity contribution in [3.05, 3.63) is 89.0 Å². The number of amides is 1. The van der Waals surface area contributed by atoms with Gasteiger partial charge in [-0.25, -0.2) is 4.79 Å². The molecule has 0 radical (unpaired) electrons. The fraction of sp³-hybridized carbons (Fsp3) is 0.286. The molecule has 0 bridgehead atoms. The van der Waals surface area contributed by atoms with E-state index < -0.39 is 12.0 Å². The highest BCUT2D eigenvalue weighted by atomic mass is 32.2. The smallest absolute Gasteiger partial charge is 0.326 e. The summed E-state index contributed by atoms with van der Waals surface area (Å²) in [5.41, 5.74) is 12.2. The van der Waals surface area contributed by atoms with Gasteiger partial charge in [-0.1, -0.05) is 67.1 Å². The molecule has 0 aliphatic rings. The fourth-order valence-electron chi connectivity index (χ4n) is 3.54. The normalized spacial score (nSPS) is 11.2. The van der Waals surface area contributed by atoms with Gasteiger partial charge in [0.25, 0.3) is 5.91 Å². The molecule has 3 rings (SSSR count). The summed E-state index contributed by atoms with van der Waals surface area (Å²) >= 11 is 1.56. The third-order valence-corrected chi connectivity index (χ3v) is 6.15. The molecule has 0 aliphatic carbocycles. The number of nitrogens with one attached hydrogen (secondary N) is 1. The molecular weight excluding hydrogens is 444 g/mol. The van der Waals surface area contributed by atoms with Crippen molar-refractivity contribution in [1.29, 1.82) is 0 Å². The summed E-state index contributed by atoms with van der Waals surface area (Å²) in [6, 6.07) is 20.5. The van der Waals surface area contributed by atoms with E-state index in [1.807, 2.05) is 74.7 Å². The predicted molar refractivity (Wildman–Crippen MR) is 143 cm³/mol. The highest BCUT2D eigenvalue weighted by Gasteiger charge is 2.22. The van der Waals surface area contributed by atoms with Gasteiger partial charge in [-0.2, -0.15) is 11.8 Å². The first-order chi connectivity index (χ1) is 16.3. The van der Waals surface area contributed by atoms with E-state index in [0.717, 1.165) is 34.4 Å². The van der Waals surface area contributed by atoms with E-state index in [1.165, 1.54) is 5.56 Å². The topological polar surface area (TPSA) is 92.4 Å². The number of rotatable bonds is 8. The van der Waals surface area contributed by atoms with E-state index in [2.05, 4.69) is 18.3 Å². The molecule has 0 aliphatic heterocycles. The maximum Gasteiger partial charge on any atom is 0.326 e. The first-order valence-corrected chi connectivity index (χ1v) is 12.7. The van der Waals surface area contributed by atoms with E-state index in [0.29, 0.717) is 17.7 Å². The van der Waals surface area contributed by atoms with E-state index in [-0.39, 0.29) is 5.91 Å². The summed E-state index contributed by atoms with van der Waals surface area (Å²) in [6.07, 6.45) is 3.33. The number of thioether (sulfide) groups is 1. The number of anilines is 1. The van der Waals surface area contributed by atoms with Crippen LogP contribution in [0.2, 0.25) is 0 Å². The van der Waals surface area contributed by atoms with Gasteiger partial charge < -0.3 is 16.2 Å². The summed E-state index contributed by atoms with van der Waals surface area (Å²) in [5, 5.41) is 12.0. The highest BCUT2D eigenvalue weighted by Crippen LogP contribution is 2.28. The number of nitrogen functional groups attached to an aromatic ring is 1. The Balaban J connectivity index is 0.000000379. The monoisotopic (exact) mass is 478 g/mol. The molecule has 0 saturated carbocycles. The second-order valence-electron chi connectivity index (χ2n) is 8.06. The zero-order valence-electron chi connectivity index (χ0n) is 20.3. The Bertz CT molecular complexity index is 1110. The molecule has 0 spiro atoms. The summed E-state index contributed by atoms with van der Waals surface area (Å²) < 4.78 is 0. The summed E-state index contributed by atoms with van der Waals surface area (Å²) in [7, 11) is 0. The molecule has 0 saturated heterocycles. The van der Waals surface area contributed by atoms with Crippen molar-refractivity contribution in [3.8, 4) is 11.1 Å². The van der Waals surface area contributed by atoms with Crippen molar-refractivity contribution < 1.29 is 14.7 Å². The first-order valence-electron chi connectivity index (χ1n) is 11.3. The van der Waals surface area contributed by atoms with Crippen LogP contribution in [-0.2, 0) is 11.2 Å². The van der Waals surface area contributed by atoms with Gasteiger partial charge in [-0.3, -0.25) is 4.79 Å². The van der Waals surface area contributed by atoms with Crippen molar-refractivity contribution in [1.82, 2.24) is 5.32 Å². The SMILES string of the molecule is CCc1ccccc1N.CSCCC(NC(=O)c1ccc(C)cc1-c1ccccc1C)C(=O)O. The number of aliphatic carboxylic acids is 1. The minimum atomic E-state index is -1.01. The Kier molecular flexibility index (Phi) is 10.7. The number of para-hydroxylation sites is 1. The number of nitrogens with two attached hydrogens (primary N) is 1. The average molecular weight is 479 g/mol. The Morgan fingerprint density at radius 2 is 1.68 bits per heavy atom. The van der Waals surface area contributed by atoms with Crippen LogP contribution in [-0.4, -0.2) is 35.0 Å². The molecule has 180 valence electrons. The Hall–Kier alpha value is -3.25. The Morgan fingerprint density at radius 3 is 2.26 bits per heavy atom. The number of carboxylic acids is 1. The molecule has 0 fully saturated rings. The lowest BCUT2D eigenvalue weighted by Gasteiger charge is -2.17. The molecule has 1 unspecified atom stereocenters. The van der Waals surface area contributed by atoms with Crippen LogP contribution in [0.15, 0.2) is 66.7 Å². The molecule has 4 N–H and O–H groups in total. The Labute approximate surface area is 206 Å². The number of hydrogen-bond acceptors (Lipinski definition) is 4. The largest absolute Gasteiger partial charge is 0.480 e. The average Bonchev–Trinajstić information content (AvgIpc) is 2.82. The van der Waals surface area contributed by atoms with E-state index in [4.69, 9.17) is 5.73 Å². The molecule has 3 aromatic rings. The van der Waals surface area contributed by atoms with Crippen LogP contribution in [0.25, 0.3) is 11.1 Å². The van der Waals surface area contributed by atoms with Gasteiger partial charge in [-0.05, 0) is 73.1 Å². The van der Waals surface area contributed by atoms with Crippen LogP contribution < -0.4 is 11.1 Å². The third kappa shape index (κ3) is 7.66. The van der Waals surface area contributed by atoms with E-state index >= 15 is 0 Å². The van der Waals surface area contributed by atoms with Crippen molar-refractivity contribution in [3.63, 3.8) is 0 Å².